The van der Waals surface area contributed by atoms with E-state index in [1.54, 1.807) is 0 Å². The van der Waals surface area contributed by atoms with Crippen molar-refractivity contribution in [1.82, 2.24) is 9.97 Å². The zero-order valence-electron chi connectivity index (χ0n) is 29.7. The average Bonchev–Trinajstić information content (AvgIpc) is 3.46. The van der Waals surface area contributed by atoms with Crippen LogP contribution in [0.5, 0.6) is 0 Å². The van der Waals surface area contributed by atoms with Crippen LogP contribution in [0.25, 0.3) is 88.8 Å². The van der Waals surface area contributed by atoms with Crippen LogP contribution < -0.4 is 0 Å². The van der Waals surface area contributed by atoms with Gasteiger partial charge in [0, 0.05) is 22.1 Å². The second-order valence-corrected chi connectivity index (χ2v) is 14.6. The number of rotatable bonds is 5. The standard InChI is InChI=1S/C51H36N2/c1-51(2)46-31-37(25-26-43(46)45-27-24-34-16-9-10-21-40(34)49(45)51)39-28-29-44(42-23-12-11-22-41(39)42)48-32-47(52-50(53-48)35-17-7-4-8-18-35)38-20-13-19-36(30-38)33-14-5-3-6-15-33/h3-32H,1-2H3. The molecule has 0 unspecified atom stereocenters. The summed E-state index contributed by atoms with van der Waals surface area (Å²) in [6, 6.07) is 65.3. The second kappa shape index (κ2) is 12.3. The van der Waals surface area contributed by atoms with Crippen molar-refractivity contribution in [2.75, 3.05) is 0 Å². The zero-order chi connectivity index (χ0) is 35.5. The normalized spacial score (nSPS) is 12.9. The first-order valence-electron chi connectivity index (χ1n) is 18.3. The van der Waals surface area contributed by atoms with Crippen LogP contribution in [0, 0.1) is 0 Å². The lowest BCUT2D eigenvalue weighted by molar-refractivity contribution is 0.666. The quantitative estimate of drug-likeness (QED) is 0.181. The van der Waals surface area contributed by atoms with Gasteiger partial charge >= 0.3 is 0 Å². The Morgan fingerprint density at radius 2 is 0.943 bits per heavy atom. The van der Waals surface area contributed by atoms with Crippen molar-refractivity contribution in [3.05, 3.63) is 193 Å². The van der Waals surface area contributed by atoms with Crippen LogP contribution in [0.4, 0.5) is 0 Å². The summed E-state index contributed by atoms with van der Waals surface area (Å²) in [7, 11) is 0. The lowest BCUT2D eigenvalue weighted by Gasteiger charge is -2.24. The summed E-state index contributed by atoms with van der Waals surface area (Å²) in [5.41, 5.74) is 15.1. The molecule has 9 aromatic rings. The van der Waals surface area contributed by atoms with Crippen LogP contribution >= 0.6 is 0 Å². The fourth-order valence-corrected chi connectivity index (χ4v) is 8.48. The molecule has 10 rings (SSSR count). The molecule has 0 radical (unpaired) electrons. The Morgan fingerprint density at radius 3 is 1.74 bits per heavy atom. The van der Waals surface area contributed by atoms with Crippen molar-refractivity contribution in [3.8, 4) is 67.3 Å². The number of aromatic nitrogens is 2. The molecule has 0 bridgehead atoms. The van der Waals surface area contributed by atoms with E-state index in [1.807, 2.05) is 18.2 Å². The summed E-state index contributed by atoms with van der Waals surface area (Å²) in [6.07, 6.45) is 0. The summed E-state index contributed by atoms with van der Waals surface area (Å²) < 4.78 is 0. The highest BCUT2D eigenvalue weighted by Gasteiger charge is 2.37. The van der Waals surface area contributed by atoms with Gasteiger partial charge in [-0.25, -0.2) is 9.97 Å². The first-order valence-corrected chi connectivity index (χ1v) is 18.3. The Hall–Kier alpha value is -6.64. The molecule has 0 saturated heterocycles. The third-order valence-electron chi connectivity index (χ3n) is 11.1. The molecule has 53 heavy (non-hydrogen) atoms. The minimum Gasteiger partial charge on any atom is -0.228 e. The molecule has 0 atom stereocenters. The molecule has 8 aromatic carbocycles. The largest absolute Gasteiger partial charge is 0.228 e. The molecule has 250 valence electrons. The maximum absolute atomic E-state index is 5.24. The van der Waals surface area contributed by atoms with E-state index in [4.69, 9.17) is 9.97 Å². The molecule has 0 saturated carbocycles. The van der Waals surface area contributed by atoms with Crippen LogP contribution in [0.3, 0.4) is 0 Å². The summed E-state index contributed by atoms with van der Waals surface area (Å²) in [5.74, 6) is 0.712. The van der Waals surface area contributed by atoms with Crippen LogP contribution in [-0.2, 0) is 5.41 Å². The molecule has 1 aliphatic rings. The van der Waals surface area contributed by atoms with E-state index in [0.717, 1.165) is 33.6 Å². The summed E-state index contributed by atoms with van der Waals surface area (Å²) in [4.78, 5) is 10.4. The number of nitrogens with zero attached hydrogens (tertiary/aromatic N) is 2. The first kappa shape index (κ1) is 31.1. The van der Waals surface area contributed by atoms with Gasteiger partial charge in [0.1, 0.15) is 0 Å². The van der Waals surface area contributed by atoms with E-state index in [0.29, 0.717) is 5.82 Å². The van der Waals surface area contributed by atoms with E-state index < -0.39 is 0 Å². The highest BCUT2D eigenvalue weighted by Crippen LogP contribution is 2.52. The molecular weight excluding hydrogens is 641 g/mol. The van der Waals surface area contributed by atoms with E-state index in [-0.39, 0.29) is 5.41 Å². The number of hydrogen-bond donors (Lipinski definition) is 0. The van der Waals surface area contributed by atoms with Gasteiger partial charge in [0.2, 0.25) is 0 Å². The van der Waals surface area contributed by atoms with E-state index in [1.165, 1.54) is 60.5 Å². The van der Waals surface area contributed by atoms with Crippen molar-refractivity contribution in [2.45, 2.75) is 19.3 Å². The topological polar surface area (TPSA) is 25.8 Å². The van der Waals surface area contributed by atoms with Crippen LogP contribution in [-0.4, -0.2) is 9.97 Å². The van der Waals surface area contributed by atoms with Crippen LogP contribution in [0.15, 0.2) is 182 Å². The third-order valence-corrected chi connectivity index (χ3v) is 11.1. The fraction of sp³-hybridized carbons (Fsp3) is 0.0588. The van der Waals surface area contributed by atoms with Crippen molar-refractivity contribution < 1.29 is 0 Å². The van der Waals surface area contributed by atoms with E-state index in [9.17, 15) is 0 Å². The van der Waals surface area contributed by atoms with Crippen molar-refractivity contribution in [3.63, 3.8) is 0 Å². The van der Waals surface area contributed by atoms with Gasteiger partial charge in [-0.2, -0.15) is 0 Å². The molecule has 0 spiro atoms. The zero-order valence-corrected chi connectivity index (χ0v) is 29.7. The Bertz CT molecular complexity index is 2850. The lowest BCUT2D eigenvalue weighted by atomic mass is 9.79. The van der Waals surface area contributed by atoms with Gasteiger partial charge in [-0.1, -0.05) is 178 Å². The summed E-state index contributed by atoms with van der Waals surface area (Å²) in [6.45, 7) is 4.75. The van der Waals surface area contributed by atoms with E-state index in [2.05, 4.69) is 178 Å². The first-order chi connectivity index (χ1) is 26.0. The molecule has 0 aliphatic heterocycles. The molecule has 2 heteroatoms. The average molecular weight is 677 g/mol. The molecular formula is C51H36N2. The predicted molar refractivity (Wildman–Crippen MR) is 222 cm³/mol. The van der Waals surface area contributed by atoms with Gasteiger partial charge in [0.25, 0.3) is 0 Å². The highest BCUT2D eigenvalue weighted by atomic mass is 14.9. The van der Waals surface area contributed by atoms with Crippen molar-refractivity contribution in [2.24, 2.45) is 0 Å². The number of benzene rings is 8. The Balaban J connectivity index is 1.12. The van der Waals surface area contributed by atoms with Crippen LogP contribution in [0.2, 0.25) is 0 Å². The second-order valence-electron chi connectivity index (χ2n) is 14.6. The smallest absolute Gasteiger partial charge is 0.160 e. The maximum Gasteiger partial charge on any atom is 0.160 e. The number of fused-ring (bicyclic) bond motifs is 6. The van der Waals surface area contributed by atoms with Gasteiger partial charge in [0.05, 0.1) is 11.4 Å². The SMILES string of the molecule is CC1(C)c2cc(-c3ccc(-c4cc(-c5cccc(-c6ccccc6)c5)nc(-c5ccccc5)n4)c4ccccc34)ccc2-c2ccc3ccccc3c21. The summed E-state index contributed by atoms with van der Waals surface area (Å²) >= 11 is 0. The van der Waals surface area contributed by atoms with Gasteiger partial charge in [-0.15, -0.1) is 0 Å². The van der Waals surface area contributed by atoms with Gasteiger partial charge in [-0.05, 0) is 84.3 Å². The molecule has 1 aromatic heterocycles. The van der Waals surface area contributed by atoms with Gasteiger partial charge in [-0.3, -0.25) is 0 Å². The van der Waals surface area contributed by atoms with E-state index >= 15 is 0 Å². The van der Waals surface area contributed by atoms with Gasteiger partial charge in [0.15, 0.2) is 5.82 Å². The Morgan fingerprint density at radius 1 is 0.358 bits per heavy atom. The Kier molecular flexibility index (Phi) is 7.19. The minimum absolute atomic E-state index is 0.125. The highest BCUT2D eigenvalue weighted by molar-refractivity contribution is 6.05. The minimum atomic E-state index is -0.125. The predicted octanol–water partition coefficient (Wildman–Crippen LogP) is 13.4. The molecule has 1 heterocycles. The molecule has 0 fully saturated rings. The van der Waals surface area contributed by atoms with Crippen molar-refractivity contribution >= 4 is 21.5 Å². The maximum atomic E-state index is 5.24. The fourth-order valence-electron chi connectivity index (χ4n) is 8.48. The monoisotopic (exact) mass is 676 g/mol. The van der Waals surface area contributed by atoms with Crippen LogP contribution in [0.1, 0.15) is 25.0 Å². The summed E-state index contributed by atoms with van der Waals surface area (Å²) in [5, 5.41) is 5.01. The Labute approximate surface area is 310 Å². The van der Waals surface area contributed by atoms with Gasteiger partial charge < -0.3 is 0 Å². The number of hydrogen-bond acceptors (Lipinski definition) is 2. The molecule has 2 nitrogen and oxygen atoms in total. The molecule has 0 amide bonds. The third kappa shape index (κ3) is 5.18. The molecule has 0 N–H and O–H groups in total. The molecule has 1 aliphatic carbocycles. The lowest BCUT2D eigenvalue weighted by Crippen LogP contribution is -2.15. The van der Waals surface area contributed by atoms with Crippen molar-refractivity contribution in [1.29, 1.82) is 0 Å².